The van der Waals surface area contributed by atoms with Crippen molar-refractivity contribution in [2.45, 2.75) is 57.4 Å². The SMILES string of the molecule is CC(C(=O)NC1CCCC1)N(Cc1ccc(Cl)c(Cl)c1)C(=O)CN(c1cc(C(F)(F)F)ccc1Cl)S(C)(=O)=O. The Morgan fingerprint density at radius 1 is 1.03 bits per heavy atom. The zero-order valence-corrected chi connectivity index (χ0v) is 24.1. The molecule has 1 unspecified atom stereocenters. The van der Waals surface area contributed by atoms with E-state index in [1.54, 1.807) is 6.07 Å². The Morgan fingerprint density at radius 2 is 1.64 bits per heavy atom. The van der Waals surface area contributed by atoms with Crippen LogP contribution >= 0.6 is 34.8 Å². The van der Waals surface area contributed by atoms with E-state index >= 15 is 0 Å². The van der Waals surface area contributed by atoms with Gasteiger partial charge >= 0.3 is 6.18 Å². The minimum absolute atomic E-state index is 0.0432. The van der Waals surface area contributed by atoms with Crippen LogP contribution in [0.4, 0.5) is 18.9 Å². The predicted molar refractivity (Wildman–Crippen MR) is 146 cm³/mol. The van der Waals surface area contributed by atoms with Crippen LogP contribution in [0.1, 0.15) is 43.7 Å². The molecule has 39 heavy (non-hydrogen) atoms. The van der Waals surface area contributed by atoms with Gasteiger partial charge in [0.2, 0.25) is 21.8 Å². The van der Waals surface area contributed by atoms with Crippen molar-refractivity contribution in [3.8, 4) is 0 Å². The second-order valence-corrected chi connectivity index (χ2v) is 12.5. The summed E-state index contributed by atoms with van der Waals surface area (Å²) in [6, 6.07) is 5.70. The maximum atomic E-state index is 13.6. The molecule has 0 bridgehead atoms. The third-order valence-electron chi connectivity index (χ3n) is 6.43. The van der Waals surface area contributed by atoms with Crippen LogP contribution in [-0.2, 0) is 32.3 Å². The molecule has 14 heteroatoms. The van der Waals surface area contributed by atoms with Crippen molar-refractivity contribution in [2.75, 3.05) is 17.1 Å². The molecule has 7 nitrogen and oxygen atoms in total. The lowest BCUT2D eigenvalue weighted by molar-refractivity contribution is -0.139. The van der Waals surface area contributed by atoms with Gasteiger partial charge in [-0.3, -0.25) is 13.9 Å². The number of rotatable bonds is 9. The van der Waals surface area contributed by atoms with Gasteiger partial charge in [0.25, 0.3) is 0 Å². The van der Waals surface area contributed by atoms with Crippen LogP contribution in [-0.4, -0.2) is 50.0 Å². The number of hydrogen-bond acceptors (Lipinski definition) is 4. The van der Waals surface area contributed by atoms with Gasteiger partial charge in [0.1, 0.15) is 12.6 Å². The lowest BCUT2D eigenvalue weighted by atomic mass is 10.1. The lowest BCUT2D eigenvalue weighted by Gasteiger charge is -2.32. The molecule has 3 rings (SSSR count). The largest absolute Gasteiger partial charge is 0.416 e. The molecule has 0 aliphatic heterocycles. The first-order valence-electron chi connectivity index (χ1n) is 12.0. The number of anilines is 1. The summed E-state index contributed by atoms with van der Waals surface area (Å²) in [5.74, 6) is -1.28. The summed E-state index contributed by atoms with van der Waals surface area (Å²) in [6.07, 6.45) is -0.502. The van der Waals surface area contributed by atoms with Crippen LogP contribution in [0, 0.1) is 0 Å². The fourth-order valence-electron chi connectivity index (χ4n) is 4.28. The third-order valence-corrected chi connectivity index (χ3v) is 8.61. The van der Waals surface area contributed by atoms with Crippen LogP contribution in [0.15, 0.2) is 36.4 Å². The second kappa shape index (κ2) is 12.5. The molecule has 1 saturated carbocycles. The fraction of sp³-hybridized carbons (Fsp3) is 0.440. The molecule has 1 aliphatic rings. The van der Waals surface area contributed by atoms with E-state index in [9.17, 15) is 31.2 Å². The van der Waals surface area contributed by atoms with Crippen LogP contribution in [0.3, 0.4) is 0 Å². The molecule has 2 aromatic rings. The highest BCUT2D eigenvalue weighted by Gasteiger charge is 2.35. The Balaban J connectivity index is 1.97. The fourth-order valence-corrected chi connectivity index (χ4v) is 5.73. The van der Waals surface area contributed by atoms with E-state index in [0.29, 0.717) is 22.0 Å². The minimum atomic E-state index is -4.78. The molecule has 2 amide bonds. The molecule has 0 saturated heterocycles. The van der Waals surface area contributed by atoms with E-state index in [1.165, 1.54) is 19.1 Å². The number of alkyl halides is 3. The van der Waals surface area contributed by atoms with Crippen molar-refractivity contribution in [3.63, 3.8) is 0 Å². The van der Waals surface area contributed by atoms with Crippen molar-refractivity contribution < 1.29 is 31.2 Å². The summed E-state index contributed by atoms with van der Waals surface area (Å²) in [7, 11) is -4.29. The van der Waals surface area contributed by atoms with Gasteiger partial charge in [0.15, 0.2) is 0 Å². The molecule has 2 aromatic carbocycles. The van der Waals surface area contributed by atoms with E-state index < -0.39 is 51.9 Å². The third kappa shape index (κ3) is 8.15. The normalized spacial score (nSPS) is 15.2. The van der Waals surface area contributed by atoms with E-state index in [4.69, 9.17) is 34.8 Å². The summed E-state index contributed by atoms with van der Waals surface area (Å²) < 4.78 is 66.0. The second-order valence-electron chi connectivity index (χ2n) is 9.37. The number of carbonyl (C=O) groups is 2. The van der Waals surface area contributed by atoms with Crippen LogP contribution < -0.4 is 9.62 Å². The van der Waals surface area contributed by atoms with Crippen molar-refractivity contribution in [2.24, 2.45) is 0 Å². The number of nitrogens with zero attached hydrogens (tertiary/aromatic N) is 2. The number of carbonyl (C=O) groups excluding carboxylic acids is 2. The summed E-state index contributed by atoms with van der Waals surface area (Å²) in [4.78, 5) is 27.9. The van der Waals surface area contributed by atoms with E-state index in [0.717, 1.165) is 42.9 Å². The van der Waals surface area contributed by atoms with Crippen molar-refractivity contribution in [3.05, 3.63) is 62.6 Å². The molecule has 1 aliphatic carbocycles. The van der Waals surface area contributed by atoms with Gasteiger partial charge < -0.3 is 10.2 Å². The molecule has 0 spiro atoms. The standard InChI is InChI=1S/C25H27Cl3F3N3O4S/c1-15(24(36)32-18-5-3-4-6-18)33(13-16-7-9-19(26)21(28)11-16)23(35)14-34(39(2,37)38)22-12-17(25(29,30)31)8-10-20(22)27/h7-12,15,18H,3-6,13-14H2,1-2H3,(H,32,36). The van der Waals surface area contributed by atoms with Gasteiger partial charge in [-0.15, -0.1) is 0 Å². The average Bonchev–Trinajstić information content (AvgIpc) is 3.34. The molecule has 0 heterocycles. The minimum Gasteiger partial charge on any atom is -0.352 e. The van der Waals surface area contributed by atoms with Gasteiger partial charge in [0.05, 0.1) is 32.6 Å². The Morgan fingerprint density at radius 3 is 2.21 bits per heavy atom. The molecular weight excluding hydrogens is 602 g/mol. The topological polar surface area (TPSA) is 86.8 Å². The molecule has 1 fully saturated rings. The monoisotopic (exact) mass is 627 g/mol. The molecule has 1 atom stereocenters. The highest BCUT2D eigenvalue weighted by molar-refractivity contribution is 7.92. The number of halogens is 6. The van der Waals surface area contributed by atoms with Crippen LogP contribution in [0.5, 0.6) is 0 Å². The zero-order chi connectivity index (χ0) is 29.1. The first-order chi connectivity index (χ1) is 18.1. The maximum absolute atomic E-state index is 13.6. The zero-order valence-electron chi connectivity index (χ0n) is 21.1. The highest BCUT2D eigenvalue weighted by atomic mass is 35.5. The average molecular weight is 629 g/mol. The summed E-state index contributed by atoms with van der Waals surface area (Å²) in [5.41, 5.74) is -1.15. The van der Waals surface area contributed by atoms with Gasteiger partial charge in [0, 0.05) is 12.6 Å². The summed E-state index contributed by atoms with van der Waals surface area (Å²) in [6.45, 7) is 0.437. The first kappa shape index (κ1) is 31.3. The molecule has 214 valence electrons. The maximum Gasteiger partial charge on any atom is 0.416 e. The highest BCUT2D eigenvalue weighted by Crippen LogP contribution is 2.36. The Labute approximate surface area is 240 Å². The van der Waals surface area contributed by atoms with E-state index in [1.807, 2.05) is 0 Å². The number of hydrogen-bond donors (Lipinski definition) is 1. The van der Waals surface area contributed by atoms with E-state index in [-0.39, 0.29) is 27.7 Å². The molecular formula is C25H27Cl3F3N3O4S. The number of nitrogens with one attached hydrogen (secondary N) is 1. The first-order valence-corrected chi connectivity index (χ1v) is 14.9. The molecule has 1 N–H and O–H groups in total. The van der Waals surface area contributed by atoms with Crippen LogP contribution in [0.25, 0.3) is 0 Å². The predicted octanol–water partition coefficient (Wildman–Crippen LogP) is 5.91. The Bertz CT molecular complexity index is 1340. The summed E-state index contributed by atoms with van der Waals surface area (Å²) in [5, 5.41) is 3.09. The van der Waals surface area contributed by atoms with Crippen LogP contribution in [0.2, 0.25) is 15.1 Å². The van der Waals surface area contributed by atoms with Crippen molar-refractivity contribution in [1.82, 2.24) is 10.2 Å². The van der Waals surface area contributed by atoms with Gasteiger partial charge in [-0.2, -0.15) is 13.2 Å². The number of benzene rings is 2. The summed E-state index contributed by atoms with van der Waals surface area (Å²) >= 11 is 18.2. The molecule has 0 aromatic heterocycles. The number of amides is 2. The number of sulfonamides is 1. The smallest absolute Gasteiger partial charge is 0.352 e. The van der Waals surface area contributed by atoms with Gasteiger partial charge in [-0.05, 0) is 55.7 Å². The lowest BCUT2D eigenvalue weighted by Crippen LogP contribution is -2.52. The Hall–Kier alpha value is -2.21. The quantitative estimate of drug-likeness (QED) is 0.374. The van der Waals surface area contributed by atoms with Gasteiger partial charge in [-0.1, -0.05) is 53.7 Å². The Kier molecular flexibility index (Phi) is 10.1. The molecule has 0 radical (unpaired) electrons. The van der Waals surface area contributed by atoms with Crippen molar-refractivity contribution >= 4 is 62.3 Å². The van der Waals surface area contributed by atoms with Crippen molar-refractivity contribution in [1.29, 1.82) is 0 Å². The van der Waals surface area contributed by atoms with Gasteiger partial charge in [-0.25, -0.2) is 8.42 Å². The van der Waals surface area contributed by atoms with E-state index in [2.05, 4.69) is 5.32 Å².